The van der Waals surface area contributed by atoms with Crippen LogP contribution < -0.4 is 9.30 Å². The molecule has 0 N–H and O–H groups in total. The molecule has 0 saturated heterocycles. The standard InChI is InChI=1S/C65H47N5O.Pt/c1-43(2)44(3)47-36-37-66-63(38-47)70-58-33-15-12-28-55(58)64-61(69-56-31-13-10-26-53(56)54-27-11-14-32-57(54)69)40-50(41-62(64)70)71-49-25-18-24-48(39-49)67-42-68(60-35-17-16-34-59(60)67)65-51(45-20-6-4-7-21-45)29-19-30-52(65)46-22-8-5-9-23-46;/h4-38,40,43-44H,1-3H3;/q-2;/i4D,5D,6D,7D,8D,9D,20D,21D,22D,23D,44D;. The minimum atomic E-state index is -0.911. The molecule has 1 atom stereocenters. The Labute approximate surface area is 448 Å². The summed E-state index contributed by atoms with van der Waals surface area (Å²) in [5, 5.41) is 4.02. The molecule has 4 aromatic heterocycles. The smallest absolute Gasteiger partial charge is 0.268 e. The molecule has 0 amide bonds. The van der Waals surface area contributed by atoms with Gasteiger partial charge in [0.1, 0.15) is 5.82 Å². The van der Waals surface area contributed by atoms with Crippen molar-refractivity contribution in [1.29, 1.82) is 0 Å². The summed E-state index contributed by atoms with van der Waals surface area (Å²) in [6.07, 6.45) is 5.20. The molecule has 0 aliphatic heterocycles. The summed E-state index contributed by atoms with van der Waals surface area (Å²) in [5.41, 5.74) is 6.83. The molecule has 72 heavy (non-hydrogen) atoms. The fourth-order valence-electron chi connectivity index (χ4n) is 9.84. The molecule has 6 nitrogen and oxygen atoms in total. The van der Waals surface area contributed by atoms with E-state index in [1.807, 2.05) is 106 Å². The predicted octanol–water partition coefficient (Wildman–Crippen LogP) is 15.8. The molecule has 4 heterocycles. The van der Waals surface area contributed by atoms with Crippen molar-refractivity contribution in [3.8, 4) is 56.6 Å². The SMILES string of the molecule is [2H]c1c([2H])c([2H])c(-c2cccc(-c3c([2H])c([2H])c([2H])c([2H])c3[2H])c2-[n+]2[c-]n(-c3[c-]c(Oc4[c-]c5c(c(-n6c7ccccc7c7ccccc76)c4)c4ccccc4n5-c4cc(C([2H])(C)C(C)C)ccn4)ccc3)c3ccccc32)c([2H])c1[2H].[Pt]. The van der Waals surface area contributed by atoms with Gasteiger partial charge in [0.25, 0.3) is 6.33 Å². The van der Waals surface area contributed by atoms with Crippen LogP contribution in [0.5, 0.6) is 11.5 Å². The fourth-order valence-corrected chi connectivity index (χ4v) is 9.84. The van der Waals surface area contributed by atoms with Crippen LogP contribution in [-0.4, -0.2) is 18.7 Å². The van der Waals surface area contributed by atoms with Crippen LogP contribution >= 0.6 is 0 Å². The first-order valence-corrected chi connectivity index (χ1v) is 23.3. The van der Waals surface area contributed by atoms with Gasteiger partial charge < -0.3 is 18.4 Å². The van der Waals surface area contributed by atoms with Crippen LogP contribution in [0, 0.1) is 24.4 Å². The zero-order valence-corrected chi connectivity index (χ0v) is 41.3. The van der Waals surface area contributed by atoms with Gasteiger partial charge in [0.2, 0.25) is 0 Å². The summed E-state index contributed by atoms with van der Waals surface area (Å²) in [7, 11) is 0. The Balaban J connectivity index is 0.00000680. The van der Waals surface area contributed by atoms with E-state index in [9.17, 15) is 1.37 Å². The average Bonchev–Trinajstić information content (AvgIpc) is 4.40. The Bertz CT molecular complexity index is 4640. The van der Waals surface area contributed by atoms with E-state index in [1.54, 1.807) is 45.7 Å². The maximum absolute atomic E-state index is 9.40. The zero-order chi connectivity index (χ0) is 57.2. The van der Waals surface area contributed by atoms with E-state index in [4.69, 9.17) is 23.4 Å². The first-order valence-electron chi connectivity index (χ1n) is 28.8. The molecule has 0 spiro atoms. The van der Waals surface area contributed by atoms with Gasteiger partial charge in [0.15, 0.2) is 0 Å². The van der Waals surface area contributed by atoms with Crippen molar-refractivity contribution in [1.82, 2.24) is 18.7 Å². The maximum Gasteiger partial charge on any atom is 0.268 e. The summed E-state index contributed by atoms with van der Waals surface area (Å²) in [4.78, 5) is 4.95. The minimum Gasteiger partial charge on any atom is -0.510 e. The van der Waals surface area contributed by atoms with Gasteiger partial charge in [0, 0.05) is 56.4 Å². The van der Waals surface area contributed by atoms with Crippen LogP contribution in [-0.2, 0) is 21.1 Å². The number of nitrogens with zero attached hydrogens (tertiary/aromatic N) is 5. The quantitative estimate of drug-likeness (QED) is 0.101. The van der Waals surface area contributed by atoms with E-state index in [0.717, 1.165) is 49.3 Å². The number of rotatable bonds is 10. The number of fused-ring (bicyclic) bond motifs is 7. The number of aromatic nitrogens is 5. The largest absolute Gasteiger partial charge is 0.510 e. The summed E-state index contributed by atoms with van der Waals surface area (Å²) in [6, 6.07) is 49.9. The van der Waals surface area contributed by atoms with Crippen LogP contribution in [0.15, 0.2) is 218 Å². The van der Waals surface area contributed by atoms with Gasteiger partial charge in [-0.05, 0) is 86.7 Å². The number of pyridine rings is 1. The molecule has 13 aromatic rings. The Kier molecular flexibility index (Phi) is 8.74. The van der Waals surface area contributed by atoms with E-state index in [1.165, 1.54) is 0 Å². The Hall–Kier alpha value is -8.31. The third kappa shape index (κ3) is 7.53. The second kappa shape index (κ2) is 18.5. The Morgan fingerprint density at radius 2 is 1.17 bits per heavy atom. The summed E-state index contributed by atoms with van der Waals surface area (Å²) in [6.45, 7) is 6.01. The summed E-state index contributed by atoms with van der Waals surface area (Å²) >= 11 is 0. The molecule has 7 heteroatoms. The van der Waals surface area contributed by atoms with E-state index in [0.29, 0.717) is 39.6 Å². The molecule has 0 bridgehead atoms. The molecule has 0 radical (unpaired) electrons. The molecule has 0 aliphatic carbocycles. The first kappa shape index (κ1) is 34.1. The minimum absolute atomic E-state index is 0. The molecular formula is C65H47N5OPt-2. The van der Waals surface area contributed by atoms with Crippen molar-refractivity contribution >= 4 is 54.6 Å². The van der Waals surface area contributed by atoms with E-state index in [-0.39, 0.29) is 54.9 Å². The van der Waals surface area contributed by atoms with Crippen LogP contribution in [0.1, 0.15) is 47.3 Å². The van der Waals surface area contributed by atoms with Crippen LogP contribution in [0.4, 0.5) is 0 Å². The Morgan fingerprint density at radius 3 is 1.82 bits per heavy atom. The number of ether oxygens (including phenoxy) is 1. The first-order chi connectivity index (χ1) is 39.5. The zero-order valence-electron chi connectivity index (χ0n) is 50.0. The van der Waals surface area contributed by atoms with Gasteiger partial charge in [-0.1, -0.05) is 189 Å². The number of hydrogen-bond acceptors (Lipinski definition) is 2. The van der Waals surface area contributed by atoms with Crippen molar-refractivity contribution in [3.63, 3.8) is 0 Å². The number of para-hydroxylation sites is 6. The van der Waals surface area contributed by atoms with Gasteiger partial charge in [-0.2, -0.15) is 12.1 Å². The average molecular weight is 1120 g/mol. The van der Waals surface area contributed by atoms with Crippen molar-refractivity contribution in [3.05, 3.63) is 242 Å². The monoisotopic (exact) mass is 1120 g/mol. The van der Waals surface area contributed by atoms with Crippen LogP contribution in [0.25, 0.3) is 99.8 Å². The fraction of sp³-hybridized carbons (Fsp3) is 0.0769. The second-order valence-corrected chi connectivity index (χ2v) is 17.7. The van der Waals surface area contributed by atoms with Gasteiger partial charge >= 0.3 is 0 Å². The summed E-state index contributed by atoms with van der Waals surface area (Å²) < 4.78 is 112. The second-order valence-electron chi connectivity index (χ2n) is 17.7. The number of benzene rings is 9. The van der Waals surface area contributed by atoms with Crippen molar-refractivity contribution in [2.45, 2.75) is 26.7 Å². The number of imidazole rings is 1. The number of hydrogen-bond donors (Lipinski definition) is 0. The molecule has 350 valence electrons. The third-order valence-corrected chi connectivity index (χ3v) is 13.3. The molecule has 0 aliphatic rings. The Morgan fingerprint density at radius 1 is 0.583 bits per heavy atom. The molecule has 0 saturated carbocycles. The molecule has 9 aromatic carbocycles. The van der Waals surface area contributed by atoms with Crippen LogP contribution in [0.2, 0.25) is 0 Å². The van der Waals surface area contributed by atoms with Gasteiger partial charge in [0.05, 0.1) is 41.5 Å². The van der Waals surface area contributed by atoms with Crippen molar-refractivity contribution < 1.29 is 45.4 Å². The van der Waals surface area contributed by atoms with Crippen molar-refractivity contribution in [2.75, 3.05) is 0 Å². The molecule has 1 unspecified atom stereocenters. The van der Waals surface area contributed by atoms with E-state index >= 15 is 0 Å². The molecule has 0 fully saturated rings. The summed E-state index contributed by atoms with van der Waals surface area (Å²) in [5.74, 6) is 0.381. The maximum atomic E-state index is 9.40. The van der Waals surface area contributed by atoms with Gasteiger partial charge in [-0.15, -0.1) is 24.3 Å². The van der Waals surface area contributed by atoms with Gasteiger partial charge in [-0.25, -0.2) is 4.98 Å². The normalized spacial score (nSPS) is 14.6. The van der Waals surface area contributed by atoms with E-state index < -0.39 is 66.3 Å². The topological polar surface area (TPSA) is 40.8 Å². The van der Waals surface area contributed by atoms with E-state index in [2.05, 4.69) is 64.0 Å². The predicted molar refractivity (Wildman–Crippen MR) is 288 cm³/mol. The van der Waals surface area contributed by atoms with Gasteiger partial charge in [-0.3, -0.25) is 4.57 Å². The molecule has 13 rings (SSSR count). The third-order valence-electron chi connectivity index (χ3n) is 13.3. The molecular weight excluding hydrogens is 1060 g/mol. The van der Waals surface area contributed by atoms with Crippen LogP contribution in [0.3, 0.4) is 0 Å². The van der Waals surface area contributed by atoms with Crippen molar-refractivity contribution in [2.24, 2.45) is 5.92 Å².